The van der Waals surface area contributed by atoms with Gasteiger partial charge >= 0.3 is 0 Å². The molecule has 0 rings (SSSR count). The van der Waals surface area contributed by atoms with E-state index in [4.69, 9.17) is 22.7 Å². The van der Waals surface area contributed by atoms with Crippen LogP contribution in [0.3, 0.4) is 0 Å². The van der Waals surface area contributed by atoms with Gasteiger partial charge in [-0.3, -0.25) is 4.79 Å². The summed E-state index contributed by atoms with van der Waals surface area (Å²) < 4.78 is 5.09. The molecule has 0 aromatic heterocycles. The Labute approximate surface area is 103 Å². The number of nitrogens with zero attached hydrogens (tertiary/aromatic N) is 1. The Kier molecular flexibility index (Phi) is 7.25. The van der Waals surface area contributed by atoms with Gasteiger partial charge in [0.15, 0.2) is 0 Å². The fourth-order valence-electron chi connectivity index (χ4n) is 1.29. The molecule has 0 fully saturated rings. The number of nitrogens with two attached hydrogens (primary N) is 1. The minimum atomic E-state index is 0.0582. The summed E-state index contributed by atoms with van der Waals surface area (Å²) in [7, 11) is 3.43. The maximum atomic E-state index is 11.8. The van der Waals surface area contributed by atoms with Crippen molar-refractivity contribution in [2.45, 2.75) is 45.3 Å². The Morgan fingerprint density at radius 3 is 2.50 bits per heavy atom. The van der Waals surface area contributed by atoms with E-state index in [0.717, 1.165) is 6.42 Å². The Bertz CT molecular complexity index is 246. The molecule has 0 aliphatic carbocycles. The van der Waals surface area contributed by atoms with Gasteiger partial charge in [-0.05, 0) is 20.3 Å². The van der Waals surface area contributed by atoms with E-state index in [1.165, 1.54) is 0 Å². The summed E-state index contributed by atoms with van der Waals surface area (Å²) in [5.74, 6) is 0.104. The molecular weight excluding hydrogens is 224 g/mol. The number of carbonyl (C=O) groups is 1. The summed E-state index contributed by atoms with van der Waals surface area (Å²) in [5, 5.41) is 0. The lowest BCUT2D eigenvalue weighted by Crippen LogP contribution is -2.37. The Balaban J connectivity index is 4.02. The number of ether oxygens (including phenoxy) is 1. The second kappa shape index (κ2) is 7.57. The molecule has 94 valence electrons. The summed E-state index contributed by atoms with van der Waals surface area (Å²) in [4.78, 5) is 13.9. The molecule has 0 bridgehead atoms. The molecule has 0 aromatic carbocycles. The molecule has 0 radical (unpaired) electrons. The van der Waals surface area contributed by atoms with Crippen molar-refractivity contribution < 1.29 is 9.53 Å². The summed E-state index contributed by atoms with van der Waals surface area (Å²) in [6.07, 6.45) is 1.91. The quantitative estimate of drug-likeness (QED) is 0.688. The van der Waals surface area contributed by atoms with Gasteiger partial charge in [0.25, 0.3) is 0 Å². The molecular formula is C11H22N2O2S. The number of hydrogen-bond acceptors (Lipinski definition) is 3. The Hall–Kier alpha value is -0.680. The minimum Gasteiger partial charge on any atom is -0.393 e. The molecule has 0 saturated heterocycles. The average molecular weight is 246 g/mol. The van der Waals surface area contributed by atoms with Gasteiger partial charge in [-0.1, -0.05) is 12.2 Å². The van der Waals surface area contributed by atoms with Crippen LogP contribution < -0.4 is 5.73 Å². The fraction of sp³-hybridized carbons (Fsp3) is 0.818. The first kappa shape index (κ1) is 15.3. The van der Waals surface area contributed by atoms with Crippen molar-refractivity contribution in [1.29, 1.82) is 0 Å². The lowest BCUT2D eigenvalue weighted by Gasteiger charge is -2.25. The van der Waals surface area contributed by atoms with Crippen LogP contribution in [-0.2, 0) is 9.53 Å². The number of rotatable bonds is 7. The van der Waals surface area contributed by atoms with E-state index in [9.17, 15) is 4.79 Å². The number of amides is 1. The van der Waals surface area contributed by atoms with Gasteiger partial charge in [0.1, 0.15) is 0 Å². The zero-order chi connectivity index (χ0) is 12.7. The van der Waals surface area contributed by atoms with Crippen molar-refractivity contribution in [3.63, 3.8) is 0 Å². The van der Waals surface area contributed by atoms with Crippen LogP contribution in [0, 0.1) is 0 Å². The third-order valence-corrected chi connectivity index (χ3v) is 2.88. The van der Waals surface area contributed by atoms with Crippen molar-refractivity contribution in [2.24, 2.45) is 5.73 Å². The van der Waals surface area contributed by atoms with Gasteiger partial charge in [0, 0.05) is 33.0 Å². The first-order valence-electron chi connectivity index (χ1n) is 5.45. The lowest BCUT2D eigenvalue weighted by molar-refractivity contribution is -0.132. The zero-order valence-corrected chi connectivity index (χ0v) is 11.3. The number of carbonyl (C=O) groups excluding carboxylic acids is 1. The Morgan fingerprint density at radius 2 is 2.06 bits per heavy atom. The highest BCUT2D eigenvalue weighted by Crippen LogP contribution is 2.07. The van der Waals surface area contributed by atoms with Crippen molar-refractivity contribution >= 4 is 23.1 Å². The van der Waals surface area contributed by atoms with Gasteiger partial charge in [0.2, 0.25) is 5.91 Å². The predicted octanol–water partition coefficient (Wildman–Crippen LogP) is 1.32. The summed E-state index contributed by atoms with van der Waals surface area (Å²) in [6.45, 7) is 3.89. The third-order valence-electron chi connectivity index (χ3n) is 2.72. The van der Waals surface area contributed by atoms with Gasteiger partial charge in [0.05, 0.1) is 11.1 Å². The molecule has 2 N–H and O–H groups in total. The number of methoxy groups -OCH3 is 1. The van der Waals surface area contributed by atoms with Gasteiger partial charge < -0.3 is 15.4 Å². The zero-order valence-electron chi connectivity index (χ0n) is 10.5. The first-order chi connectivity index (χ1) is 7.38. The van der Waals surface area contributed by atoms with E-state index in [1.807, 2.05) is 13.8 Å². The van der Waals surface area contributed by atoms with Gasteiger partial charge in [-0.25, -0.2) is 0 Å². The molecule has 0 saturated carbocycles. The second-order valence-electron chi connectivity index (χ2n) is 4.11. The fourth-order valence-corrected chi connectivity index (χ4v) is 1.54. The average Bonchev–Trinajstić information content (AvgIpc) is 2.23. The van der Waals surface area contributed by atoms with E-state index in [0.29, 0.717) is 17.8 Å². The van der Waals surface area contributed by atoms with E-state index < -0.39 is 0 Å². The van der Waals surface area contributed by atoms with Crippen LogP contribution in [0.15, 0.2) is 0 Å². The highest BCUT2D eigenvalue weighted by molar-refractivity contribution is 7.80. The predicted molar refractivity (Wildman–Crippen MR) is 69.3 cm³/mol. The molecule has 16 heavy (non-hydrogen) atoms. The second-order valence-corrected chi connectivity index (χ2v) is 4.63. The molecule has 1 amide bonds. The monoisotopic (exact) mass is 246 g/mol. The summed E-state index contributed by atoms with van der Waals surface area (Å²) >= 11 is 4.82. The number of hydrogen-bond donors (Lipinski definition) is 1. The molecule has 0 spiro atoms. The van der Waals surface area contributed by atoms with E-state index >= 15 is 0 Å². The summed E-state index contributed by atoms with van der Waals surface area (Å²) in [6, 6.07) is 0.0582. The summed E-state index contributed by atoms with van der Waals surface area (Å²) in [5.41, 5.74) is 5.45. The molecule has 2 atom stereocenters. The minimum absolute atomic E-state index is 0.0582. The Morgan fingerprint density at radius 1 is 1.50 bits per heavy atom. The first-order valence-corrected chi connectivity index (χ1v) is 5.86. The molecule has 0 heterocycles. The van der Waals surface area contributed by atoms with Gasteiger partial charge in [-0.2, -0.15) is 0 Å². The van der Waals surface area contributed by atoms with Crippen LogP contribution in [0.5, 0.6) is 0 Å². The van der Waals surface area contributed by atoms with Gasteiger partial charge in [-0.15, -0.1) is 0 Å². The maximum absolute atomic E-state index is 11.8. The molecule has 0 aliphatic rings. The maximum Gasteiger partial charge on any atom is 0.222 e. The van der Waals surface area contributed by atoms with E-state index in [1.54, 1.807) is 19.1 Å². The van der Waals surface area contributed by atoms with Crippen LogP contribution in [0.25, 0.3) is 0 Å². The molecule has 5 heteroatoms. The standard InChI is InChI=1S/C11H22N2O2S/c1-8(7-10(12)16)13(3)11(14)6-5-9(2)15-4/h8-9H,5-7H2,1-4H3,(H2,12,16). The third kappa shape index (κ3) is 6.02. The molecule has 4 nitrogen and oxygen atoms in total. The normalized spacial score (nSPS) is 14.2. The van der Waals surface area contributed by atoms with Crippen molar-refractivity contribution in [3.8, 4) is 0 Å². The molecule has 2 unspecified atom stereocenters. The van der Waals surface area contributed by atoms with Crippen molar-refractivity contribution in [3.05, 3.63) is 0 Å². The van der Waals surface area contributed by atoms with Crippen molar-refractivity contribution in [1.82, 2.24) is 4.90 Å². The molecule has 0 aromatic rings. The highest BCUT2D eigenvalue weighted by Gasteiger charge is 2.16. The smallest absolute Gasteiger partial charge is 0.222 e. The highest BCUT2D eigenvalue weighted by atomic mass is 32.1. The van der Waals surface area contributed by atoms with Crippen LogP contribution in [0.2, 0.25) is 0 Å². The number of thiocarbonyl (C=S) groups is 1. The largest absolute Gasteiger partial charge is 0.393 e. The SMILES string of the molecule is COC(C)CCC(=O)N(C)C(C)CC(N)=S. The molecule has 0 aliphatic heterocycles. The van der Waals surface area contributed by atoms with Crippen molar-refractivity contribution in [2.75, 3.05) is 14.2 Å². The van der Waals surface area contributed by atoms with Crippen LogP contribution in [0.1, 0.15) is 33.1 Å². The van der Waals surface area contributed by atoms with E-state index in [-0.39, 0.29) is 18.1 Å². The lowest BCUT2D eigenvalue weighted by atomic mass is 10.1. The topological polar surface area (TPSA) is 55.6 Å². The van der Waals surface area contributed by atoms with E-state index in [2.05, 4.69) is 0 Å². The van der Waals surface area contributed by atoms with Crippen LogP contribution >= 0.6 is 12.2 Å². The van der Waals surface area contributed by atoms with Crippen LogP contribution in [-0.4, -0.2) is 42.1 Å². The van der Waals surface area contributed by atoms with Crippen LogP contribution in [0.4, 0.5) is 0 Å².